The van der Waals surface area contributed by atoms with Gasteiger partial charge in [-0.25, -0.2) is 0 Å². The van der Waals surface area contributed by atoms with Crippen LogP contribution < -0.4 is 4.74 Å². The SMILES string of the molecule is C=C1c2ccccc2CN1C(CCc1ccc(OC)cc1)c1ccc(CC)cc1. The lowest BCUT2D eigenvalue weighted by Crippen LogP contribution is -2.23. The maximum Gasteiger partial charge on any atom is 0.118 e. The van der Waals surface area contributed by atoms with Gasteiger partial charge >= 0.3 is 0 Å². The minimum Gasteiger partial charge on any atom is -0.497 e. The van der Waals surface area contributed by atoms with Gasteiger partial charge in [-0.2, -0.15) is 0 Å². The maximum atomic E-state index is 5.30. The highest BCUT2D eigenvalue weighted by molar-refractivity contribution is 5.69. The van der Waals surface area contributed by atoms with Crippen LogP contribution in [0.1, 0.15) is 47.2 Å². The fourth-order valence-corrected chi connectivity index (χ4v) is 4.25. The Morgan fingerprint density at radius 3 is 2.28 bits per heavy atom. The monoisotopic (exact) mass is 383 g/mol. The van der Waals surface area contributed by atoms with E-state index in [2.05, 4.69) is 79.1 Å². The second kappa shape index (κ2) is 8.57. The van der Waals surface area contributed by atoms with Crippen molar-refractivity contribution in [1.29, 1.82) is 0 Å². The molecule has 1 aliphatic rings. The zero-order chi connectivity index (χ0) is 20.2. The minimum absolute atomic E-state index is 0.308. The van der Waals surface area contributed by atoms with Crippen LogP contribution in [-0.2, 0) is 19.4 Å². The average Bonchev–Trinajstić information content (AvgIpc) is 3.11. The van der Waals surface area contributed by atoms with Gasteiger partial charge in [-0.1, -0.05) is 74.2 Å². The van der Waals surface area contributed by atoms with Crippen LogP contribution in [0.2, 0.25) is 0 Å². The second-order valence-electron chi connectivity index (χ2n) is 7.73. The molecule has 0 fully saturated rings. The lowest BCUT2D eigenvalue weighted by Gasteiger charge is -2.31. The van der Waals surface area contributed by atoms with Gasteiger partial charge in [0.15, 0.2) is 0 Å². The van der Waals surface area contributed by atoms with E-state index in [9.17, 15) is 0 Å². The molecule has 29 heavy (non-hydrogen) atoms. The van der Waals surface area contributed by atoms with E-state index in [-0.39, 0.29) is 0 Å². The molecule has 0 radical (unpaired) electrons. The molecule has 1 unspecified atom stereocenters. The zero-order valence-corrected chi connectivity index (χ0v) is 17.4. The molecule has 1 atom stereocenters. The normalized spacial score (nSPS) is 14.0. The van der Waals surface area contributed by atoms with Gasteiger partial charge in [0.2, 0.25) is 0 Å². The minimum atomic E-state index is 0.308. The Morgan fingerprint density at radius 2 is 1.62 bits per heavy atom. The molecular weight excluding hydrogens is 354 g/mol. The molecule has 1 heterocycles. The second-order valence-corrected chi connectivity index (χ2v) is 7.73. The Morgan fingerprint density at radius 1 is 0.931 bits per heavy atom. The van der Waals surface area contributed by atoms with Gasteiger partial charge in [0.05, 0.1) is 13.2 Å². The quantitative estimate of drug-likeness (QED) is 0.467. The van der Waals surface area contributed by atoms with E-state index < -0.39 is 0 Å². The fraction of sp³-hybridized carbons (Fsp3) is 0.259. The first kappa shape index (κ1) is 19.3. The summed E-state index contributed by atoms with van der Waals surface area (Å²) in [7, 11) is 1.71. The topological polar surface area (TPSA) is 12.5 Å². The molecule has 0 amide bonds. The average molecular weight is 384 g/mol. The van der Waals surface area contributed by atoms with Gasteiger partial charge in [0.25, 0.3) is 0 Å². The highest BCUT2D eigenvalue weighted by Gasteiger charge is 2.29. The number of benzene rings is 3. The summed E-state index contributed by atoms with van der Waals surface area (Å²) in [5, 5.41) is 0. The van der Waals surface area contributed by atoms with E-state index in [0.29, 0.717) is 6.04 Å². The van der Waals surface area contributed by atoms with Crippen molar-refractivity contribution in [2.45, 2.75) is 38.8 Å². The van der Waals surface area contributed by atoms with Crippen molar-refractivity contribution in [3.05, 3.63) is 107 Å². The van der Waals surface area contributed by atoms with Gasteiger partial charge < -0.3 is 9.64 Å². The molecule has 0 N–H and O–H groups in total. The van der Waals surface area contributed by atoms with Gasteiger partial charge in [-0.05, 0) is 53.6 Å². The summed E-state index contributed by atoms with van der Waals surface area (Å²) in [6, 6.07) is 26.5. The van der Waals surface area contributed by atoms with E-state index in [1.807, 2.05) is 12.1 Å². The van der Waals surface area contributed by atoms with Crippen LogP contribution in [0.25, 0.3) is 5.70 Å². The first-order valence-corrected chi connectivity index (χ1v) is 10.4. The standard InChI is InChI=1S/C27H29NO/c1-4-21-9-14-23(15-10-21)27(18-13-22-11-16-25(29-3)17-12-22)28-19-24-7-5-6-8-26(24)20(28)2/h5-12,14-17,27H,2,4,13,18-19H2,1,3H3. The largest absolute Gasteiger partial charge is 0.497 e. The molecule has 3 aromatic rings. The molecule has 3 aromatic carbocycles. The molecule has 0 spiro atoms. The predicted molar refractivity (Wildman–Crippen MR) is 121 cm³/mol. The predicted octanol–water partition coefficient (Wildman–Crippen LogP) is 6.42. The molecule has 0 aromatic heterocycles. The first-order chi connectivity index (χ1) is 14.2. The third kappa shape index (κ3) is 4.07. The molecule has 0 bridgehead atoms. The van der Waals surface area contributed by atoms with Crippen LogP contribution in [0.5, 0.6) is 5.75 Å². The lowest BCUT2D eigenvalue weighted by atomic mass is 9.96. The number of fused-ring (bicyclic) bond motifs is 1. The van der Waals surface area contributed by atoms with Gasteiger partial charge in [0, 0.05) is 17.8 Å². The summed E-state index contributed by atoms with van der Waals surface area (Å²) in [6.45, 7) is 7.58. The van der Waals surface area contributed by atoms with Crippen molar-refractivity contribution in [3.63, 3.8) is 0 Å². The number of rotatable bonds is 7. The van der Waals surface area contributed by atoms with Gasteiger partial charge in [0.1, 0.15) is 5.75 Å². The Kier molecular flexibility index (Phi) is 5.71. The molecule has 0 aliphatic carbocycles. The molecule has 148 valence electrons. The summed E-state index contributed by atoms with van der Waals surface area (Å²) >= 11 is 0. The molecule has 0 saturated carbocycles. The smallest absolute Gasteiger partial charge is 0.118 e. The number of hydrogen-bond donors (Lipinski definition) is 0. The lowest BCUT2D eigenvalue weighted by molar-refractivity contribution is 0.289. The number of hydrogen-bond acceptors (Lipinski definition) is 2. The summed E-state index contributed by atoms with van der Waals surface area (Å²) in [6.07, 6.45) is 3.13. The number of ether oxygens (including phenoxy) is 1. The Labute approximate surface area is 174 Å². The zero-order valence-electron chi connectivity index (χ0n) is 17.4. The third-order valence-electron chi connectivity index (χ3n) is 6.03. The maximum absolute atomic E-state index is 5.30. The number of methoxy groups -OCH3 is 1. The van der Waals surface area contributed by atoms with E-state index >= 15 is 0 Å². The van der Waals surface area contributed by atoms with Crippen molar-refractivity contribution in [1.82, 2.24) is 4.90 Å². The molecule has 0 saturated heterocycles. The van der Waals surface area contributed by atoms with Crippen molar-refractivity contribution in [2.75, 3.05) is 7.11 Å². The van der Waals surface area contributed by atoms with Crippen LogP contribution in [-0.4, -0.2) is 12.0 Å². The van der Waals surface area contributed by atoms with Crippen LogP contribution in [0.3, 0.4) is 0 Å². The first-order valence-electron chi connectivity index (χ1n) is 10.4. The van der Waals surface area contributed by atoms with Gasteiger partial charge in [-0.15, -0.1) is 0 Å². The van der Waals surface area contributed by atoms with Crippen LogP contribution in [0.4, 0.5) is 0 Å². The van der Waals surface area contributed by atoms with Crippen molar-refractivity contribution >= 4 is 5.70 Å². The fourth-order valence-electron chi connectivity index (χ4n) is 4.25. The van der Waals surface area contributed by atoms with E-state index in [1.165, 1.54) is 27.8 Å². The number of nitrogens with zero attached hydrogens (tertiary/aromatic N) is 1. The van der Waals surface area contributed by atoms with E-state index in [4.69, 9.17) is 4.74 Å². The highest BCUT2D eigenvalue weighted by Crippen LogP contribution is 2.40. The van der Waals surface area contributed by atoms with Gasteiger partial charge in [-0.3, -0.25) is 0 Å². The Balaban J connectivity index is 1.59. The van der Waals surface area contributed by atoms with Crippen molar-refractivity contribution in [2.24, 2.45) is 0 Å². The number of aryl methyl sites for hydroxylation is 2. The summed E-state index contributed by atoms with van der Waals surface area (Å²) in [4.78, 5) is 2.48. The van der Waals surface area contributed by atoms with E-state index in [0.717, 1.165) is 37.3 Å². The molecule has 2 heteroatoms. The molecule has 4 rings (SSSR count). The third-order valence-corrected chi connectivity index (χ3v) is 6.03. The molecular formula is C27H29NO. The Bertz CT molecular complexity index is 972. The molecule has 1 aliphatic heterocycles. The Hall–Kier alpha value is -3.00. The van der Waals surface area contributed by atoms with Crippen molar-refractivity contribution in [3.8, 4) is 5.75 Å². The summed E-state index contributed by atoms with van der Waals surface area (Å²) in [5.74, 6) is 0.906. The van der Waals surface area contributed by atoms with Crippen LogP contribution in [0.15, 0.2) is 79.4 Å². The summed E-state index contributed by atoms with van der Waals surface area (Å²) < 4.78 is 5.30. The van der Waals surface area contributed by atoms with E-state index in [1.54, 1.807) is 7.11 Å². The van der Waals surface area contributed by atoms with Crippen LogP contribution in [0, 0.1) is 0 Å². The highest BCUT2D eigenvalue weighted by atomic mass is 16.5. The van der Waals surface area contributed by atoms with Crippen molar-refractivity contribution < 1.29 is 4.74 Å². The summed E-state index contributed by atoms with van der Waals surface area (Å²) in [5.41, 5.74) is 7.88. The van der Waals surface area contributed by atoms with Crippen LogP contribution >= 0.6 is 0 Å². The molecule has 2 nitrogen and oxygen atoms in total.